The Morgan fingerprint density at radius 1 is 1.14 bits per heavy atom. The number of rotatable bonds is 4. The smallest absolute Gasteiger partial charge is 0.265 e. The lowest BCUT2D eigenvalue weighted by molar-refractivity contribution is 0.0730. The molecule has 6 nitrogen and oxygen atoms in total. The zero-order valence-electron chi connectivity index (χ0n) is 15.2. The Bertz CT molecular complexity index is 974. The number of aryl methyl sites for hydroxylation is 2. The molecule has 1 amide bonds. The molecule has 0 unspecified atom stereocenters. The first-order chi connectivity index (χ1) is 13.4. The summed E-state index contributed by atoms with van der Waals surface area (Å²) in [6.45, 7) is 1.37. The number of hydrogen-bond acceptors (Lipinski definition) is 5. The number of morpholine rings is 1. The predicted molar refractivity (Wildman–Crippen MR) is 110 cm³/mol. The molecule has 0 bridgehead atoms. The predicted octanol–water partition coefficient (Wildman–Crippen LogP) is 3.55. The number of fused-ring (bicyclic) bond motifs is 1. The third-order valence-corrected chi connectivity index (χ3v) is 8.47. The monoisotopic (exact) mass is 440 g/mol. The topological polar surface area (TPSA) is 75.7 Å². The third kappa shape index (κ3) is 3.97. The summed E-state index contributed by atoms with van der Waals surface area (Å²) < 4.78 is 32.3. The Labute approximate surface area is 173 Å². The van der Waals surface area contributed by atoms with Crippen molar-refractivity contribution < 1.29 is 17.9 Å². The average molecular weight is 441 g/mol. The Kier molecular flexibility index (Phi) is 5.76. The van der Waals surface area contributed by atoms with Gasteiger partial charge in [-0.2, -0.15) is 4.31 Å². The van der Waals surface area contributed by atoms with Gasteiger partial charge in [0.2, 0.25) is 10.0 Å². The number of carbonyl (C=O) groups is 1. The van der Waals surface area contributed by atoms with Gasteiger partial charge < -0.3 is 10.1 Å². The quantitative estimate of drug-likeness (QED) is 0.788. The molecular weight excluding hydrogens is 420 g/mol. The minimum Gasteiger partial charge on any atom is -0.379 e. The molecule has 1 N–H and O–H groups in total. The third-order valence-electron chi connectivity index (χ3n) is 5.01. The second kappa shape index (κ2) is 8.12. The van der Waals surface area contributed by atoms with Gasteiger partial charge in [0, 0.05) is 18.0 Å². The highest BCUT2D eigenvalue weighted by Gasteiger charge is 2.27. The summed E-state index contributed by atoms with van der Waals surface area (Å²) in [7, 11) is -3.66. The van der Waals surface area contributed by atoms with Crippen molar-refractivity contribution in [2.45, 2.75) is 30.6 Å². The number of benzene rings is 1. The van der Waals surface area contributed by atoms with Gasteiger partial charge in [0.1, 0.15) is 0 Å². The summed E-state index contributed by atoms with van der Waals surface area (Å²) in [6.07, 6.45) is 4.33. The van der Waals surface area contributed by atoms with E-state index in [2.05, 4.69) is 5.32 Å². The zero-order chi connectivity index (χ0) is 19.7. The largest absolute Gasteiger partial charge is 0.379 e. The van der Waals surface area contributed by atoms with Gasteiger partial charge in [0.05, 0.1) is 33.7 Å². The number of carbonyl (C=O) groups excluding carboxylic acids is 1. The van der Waals surface area contributed by atoms with Crippen molar-refractivity contribution >= 4 is 44.6 Å². The molecule has 1 aromatic heterocycles. The first kappa shape index (κ1) is 19.8. The average Bonchev–Trinajstić information content (AvgIpc) is 3.14. The van der Waals surface area contributed by atoms with Crippen LogP contribution >= 0.6 is 22.9 Å². The minimum atomic E-state index is -3.66. The van der Waals surface area contributed by atoms with Crippen LogP contribution in [0, 0.1) is 0 Å². The molecule has 1 aliphatic carbocycles. The Hall–Kier alpha value is -1.45. The van der Waals surface area contributed by atoms with Gasteiger partial charge in [-0.3, -0.25) is 4.79 Å². The highest BCUT2D eigenvalue weighted by atomic mass is 35.5. The lowest BCUT2D eigenvalue weighted by atomic mass is 9.99. The standard InChI is InChI=1S/C19H21ClN2O4S2/c20-15-6-5-14(28(24,25)22-7-9-26-10-8-22)12-16(15)21-19(23)18-11-13-3-1-2-4-17(13)27-18/h5-6,11-12H,1-4,7-10H2,(H,21,23). The number of ether oxygens (including phenoxy) is 1. The van der Waals surface area contributed by atoms with Crippen LogP contribution in [0.15, 0.2) is 29.2 Å². The molecule has 2 aromatic rings. The molecule has 0 atom stereocenters. The molecule has 2 heterocycles. The number of thiophene rings is 1. The van der Waals surface area contributed by atoms with E-state index in [-0.39, 0.29) is 10.8 Å². The first-order valence-corrected chi connectivity index (χ1v) is 11.9. The van der Waals surface area contributed by atoms with Gasteiger partial charge >= 0.3 is 0 Å². The summed E-state index contributed by atoms with van der Waals surface area (Å²) in [6, 6.07) is 6.34. The van der Waals surface area contributed by atoms with Crippen LogP contribution in [0.5, 0.6) is 0 Å². The van der Waals surface area contributed by atoms with Crippen LogP contribution in [0.3, 0.4) is 0 Å². The van der Waals surface area contributed by atoms with Crippen molar-refractivity contribution in [2.24, 2.45) is 0 Å². The van der Waals surface area contributed by atoms with Crippen molar-refractivity contribution in [3.8, 4) is 0 Å². The van der Waals surface area contributed by atoms with Gasteiger partial charge in [-0.15, -0.1) is 11.3 Å². The maximum absolute atomic E-state index is 12.9. The fourth-order valence-corrected chi connectivity index (χ4v) is 6.23. The van der Waals surface area contributed by atoms with E-state index in [9.17, 15) is 13.2 Å². The molecule has 1 aliphatic heterocycles. The van der Waals surface area contributed by atoms with Crippen molar-refractivity contribution in [1.82, 2.24) is 4.31 Å². The molecule has 1 fully saturated rings. The van der Waals surface area contributed by atoms with Crippen molar-refractivity contribution in [2.75, 3.05) is 31.6 Å². The number of anilines is 1. The van der Waals surface area contributed by atoms with Crippen LogP contribution in [0.2, 0.25) is 5.02 Å². The van der Waals surface area contributed by atoms with Crippen LogP contribution in [0.4, 0.5) is 5.69 Å². The Morgan fingerprint density at radius 3 is 2.64 bits per heavy atom. The van der Waals surface area contributed by atoms with Gasteiger partial charge in [0.15, 0.2) is 0 Å². The highest BCUT2D eigenvalue weighted by Crippen LogP contribution is 2.32. The van der Waals surface area contributed by atoms with E-state index >= 15 is 0 Å². The molecule has 9 heteroatoms. The molecule has 4 rings (SSSR count). The summed E-state index contributed by atoms with van der Waals surface area (Å²) in [5.41, 5.74) is 1.54. The van der Waals surface area contributed by atoms with E-state index in [0.29, 0.717) is 41.9 Å². The maximum Gasteiger partial charge on any atom is 0.265 e. The Balaban J connectivity index is 1.57. The van der Waals surface area contributed by atoms with Crippen LogP contribution in [-0.4, -0.2) is 44.9 Å². The van der Waals surface area contributed by atoms with Gasteiger partial charge in [-0.05, 0) is 55.5 Å². The summed E-state index contributed by atoms with van der Waals surface area (Å²) >= 11 is 7.73. The normalized spacial score (nSPS) is 17.9. The van der Waals surface area contributed by atoms with Crippen LogP contribution in [0.1, 0.15) is 33.0 Å². The molecular formula is C19H21ClN2O4S2. The van der Waals surface area contributed by atoms with Crippen LogP contribution < -0.4 is 5.32 Å². The fraction of sp³-hybridized carbons (Fsp3) is 0.421. The van der Waals surface area contributed by atoms with Crippen molar-refractivity contribution in [3.05, 3.63) is 44.6 Å². The van der Waals surface area contributed by atoms with Gasteiger partial charge in [-0.25, -0.2) is 8.42 Å². The van der Waals surface area contributed by atoms with E-state index < -0.39 is 10.0 Å². The number of amides is 1. The number of nitrogens with one attached hydrogen (secondary N) is 1. The number of halogens is 1. The minimum absolute atomic E-state index is 0.111. The van der Waals surface area contributed by atoms with Crippen molar-refractivity contribution in [1.29, 1.82) is 0 Å². The SMILES string of the molecule is O=C(Nc1cc(S(=O)(=O)N2CCOCC2)ccc1Cl)c1cc2c(s1)CCCC2. The molecule has 1 aromatic carbocycles. The lowest BCUT2D eigenvalue weighted by Crippen LogP contribution is -2.40. The van der Waals surface area contributed by atoms with E-state index in [1.165, 1.54) is 44.3 Å². The summed E-state index contributed by atoms with van der Waals surface area (Å²) in [5, 5.41) is 3.08. The molecule has 0 spiro atoms. The van der Waals surface area contributed by atoms with Crippen molar-refractivity contribution in [3.63, 3.8) is 0 Å². The molecule has 28 heavy (non-hydrogen) atoms. The van der Waals surface area contributed by atoms with E-state index in [4.69, 9.17) is 16.3 Å². The number of hydrogen-bond donors (Lipinski definition) is 1. The zero-order valence-corrected chi connectivity index (χ0v) is 17.6. The molecule has 150 valence electrons. The molecule has 2 aliphatic rings. The second-order valence-electron chi connectivity index (χ2n) is 6.88. The van der Waals surface area contributed by atoms with Crippen LogP contribution in [-0.2, 0) is 27.6 Å². The van der Waals surface area contributed by atoms with Gasteiger partial charge in [0.25, 0.3) is 5.91 Å². The van der Waals surface area contributed by atoms with E-state index in [1.807, 2.05) is 6.07 Å². The van der Waals surface area contributed by atoms with Crippen LogP contribution in [0.25, 0.3) is 0 Å². The summed E-state index contributed by atoms with van der Waals surface area (Å²) in [4.78, 5) is 14.7. The number of nitrogens with zero attached hydrogens (tertiary/aromatic N) is 1. The summed E-state index contributed by atoms with van der Waals surface area (Å²) in [5.74, 6) is -0.262. The highest BCUT2D eigenvalue weighted by molar-refractivity contribution is 7.89. The molecule has 1 saturated heterocycles. The molecule has 0 saturated carbocycles. The number of sulfonamides is 1. The Morgan fingerprint density at radius 2 is 1.89 bits per heavy atom. The fourth-order valence-electron chi connectivity index (χ4n) is 3.48. The van der Waals surface area contributed by atoms with E-state index in [1.54, 1.807) is 0 Å². The lowest BCUT2D eigenvalue weighted by Gasteiger charge is -2.26. The van der Waals surface area contributed by atoms with Gasteiger partial charge in [-0.1, -0.05) is 11.6 Å². The maximum atomic E-state index is 12.9. The first-order valence-electron chi connectivity index (χ1n) is 9.25. The molecule has 0 radical (unpaired) electrons. The second-order valence-corrected chi connectivity index (χ2v) is 10.4. The van der Waals surface area contributed by atoms with E-state index in [0.717, 1.165) is 25.7 Å².